The highest BCUT2D eigenvalue weighted by Gasteiger charge is 2.19. The molecule has 3 nitrogen and oxygen atoms in total. The first kappa shape index (κ1) is 11.4. The van der Waals surface area contributed by atoms with Crippen LogP contribution in [0.4, 0.5) is 0 Å². The van der Waals surface area contributed by atoms with Gasteiger partial charge < -0.3 is 10.6 Å². The van der Waals surface area contributed by atoms with Gasteiger partial charge in [0.25, 0.3) is 0 Å². The number of hydrogen-bond donors (Lipinski definition) is 1. The predicted octanol–water partition coefficient (Wildman–Crippen LogP) is 1.75. The van der Waals surface area contributed by atoms with E-state index in [-0.39, 0.29) is 6.04 Å². The lowest BCUT2D eigenvalue weighted by Crippen LogP contribution is -2.38. The molecule has 1 aromatic carbocycles. The minimum Gasteiger partial charge on any atom is -0.353 e. The van der Waals surface area contributed by atoms with E-state index in [1.54, 1.807) is 0 Å². The second kappa shape index (κ2) is 4.85. The summed E-state index contributed by atoms with van der Waals surface area (Å²) in [4.78, 5) is 6.74. The minimum absolute atomic E-state index is 0.163. The van der Waals surface area contributed by atoms with E-state index in [1.807, 2.05) is 31.2 Å². The van der Waals surface area contributed by atoms with Gasteiger partial charge in [-0.25, -0.2) is 0 Å². The van der Waals surface area contributed by atoms with Gasteiger partial charge in [-0.3, -0.25) is 4.99 Å². The predicted molar refractivity (Wildman–Crippen MR) is 68.1 cm³/mol. The first-order chi connectivity index (χ1) is 7.66. The molecule has 1 aliphatic rings. The Morgan fingerprint density at radius 3 is 2.75 bits per heavy atom. The van der Waals surface area contributed by atoms with Crippen LogP contribution in [0, 0.1) is 0 Å². The lowest BCUT2D eigenvalue weighted by Gasteiger charge is -2.22. The average Bonchev–Trinajstić information content (AvgIpc) is 2.66. The molecule has 2 N–H and O–H groups in total. The van der Waals surface area contributed by atoms with E-state index in [0.717, 1.165) is 36.1 Å². The molecule has 0 saturated carbocycles. The third-order valence-electron chi connectivity index (χ3n) is 2.54. The molecule has 2 rings (SSSR count). The highest BCUT2D eigenvalue weighted by molar-refractivity contribution is 6.30. The van der Waals surface area contributed by atoms with E-state index in [9.17, 15) is 0 Å². The van der Waals surface area contributed by atoms with Crippen molar-refractivity contribution in [3.63, 3.8) is 0 Å². The van der Waals surface area contributed by atoms with Crippen molar-refractivity contribution in [3.05, 3.63) is 34.9 Å². The maximum absolute atomic E-state index is 5.87. The fourth-order valence-corrected chi connectivity index (χ4v) is 2.01. The van der Waals surface area contributed by atoms with Crippen molar-refractivity contribution < 1.29 is 0 Å². The van der Waals surface area contributed by atoms with E-state index in [2.05, 4.69) is 9.89 Å². The summed E-state index contributed by atoms with van der Waals surface area (Å²) in [6, 6.07) is 7.95. The summed E-state index contributed by atoms with van der Waals surface area (Å²) >= 11 is 5.87. The molecule has 0 spiro atoms. The van der Waals surface area contributed by atoms with Crippen LogP contribution in [-0.2, 0) is 0 Å². The van der Waals surface area contributed by atoms with Gasteiger partial charge >= 0.3 is 0 Å². The Morgan fingerprint density at radius 2 is 2.12 bits per heavy atom. The molecule has 0 radical (unpaired) electrons. The molecule has 0 aromatic heterocycles. The highest BCUT2D eigenvalue weighted by atomic mass is 35.5. The molecule has 1 unspecified atom stereocenters. The van der Waals surface area contributed by atoms with Crippen molar-refractivity contribution in [1.82, 2.24) is 4.90 Å². The van der Waals surface area contributed by atoms with Crippen molar-refractivity contribution in [2.45, 2.75) is 13.0 Å². The average molecular weight is 238 g/mol. The second-order valence-electron chi connectivity index (χ2n) is 4.14. The molecule has 0 bridgehead atoms. The standard InChI is InChI=1S/C12H16ClN3/c1-9(14)8-16-7-6-15-12(16)10-2-4-11(13)5-3-10/h2-5,9H,6-8,14H2,1H3. The summed E-state index contributed by atoms with van der Waals surface area (Å²) in [6.07, 6.45) is 0. The minimum atomic E-state index is 0.163. The van der Waals surface area contributed by atoms with Crippen LogP contribution in [0.5, 0.6) is 0 Å². The van der Waals surface area contributed by atoms with Gasteiger partial charge in [-0.15, -0.1) is 0 Å². The molecular formula is C12H16ClN3. The number of hydrogen-bond acceptors (Lipinski definition) is 3. The van der Waals surface area contributed by atoms with E-state index < -0.39 is 0 Å². The van der Waals surface area contributed by atoms with E-state index in [0.29, 0.717) is 0 Å². The summed E-state index contributed by atoms with van der Waals surface area (Å²) in [6.45, 7) is 4.67. The molecule has 16 heavy (non-hydrogen) atoms. The molecule has 0 fully saturated rings. The number of nitrogens with two attached hydrogens (primary N) is 1. The van der Waals surface area contributed by atoms with Crippen molar-refractivity contribution in [1.29, 1.82) is 0 Å². The first-order valence-corrected chi connectivity index (χ1v) is 5.85. The van der Waals surface area contributed by atoms with Crippen LogP contribution < -0.4 is 5.73 Å². The maximum Gasteiger partial charge on any atom is 0.131 e. The molecule has 1 aromatic rings. The topological polar surface area (TPSA) is 41.6 Å². The number of benzene rings is 1. The Hall–Kier alpha value is -1.06. The van der Waals surface area contributed by atoms with Crippen LogP contribution in [0.25, 0.3) is 0 Å². The smallest absolute Gasteiger partial charge is 0.131 e. The fraction of sp³-hybridized carbons (Fsp3) is 0.417. The van der Waals surface area contributed by atoms with E-state index in [4.69, 9.17) is 17.3 Å². The zero-order valence-electron chi connectivity index (χ0n) is 9.36. The number of amidine groups is 1. The summed E-state index contributed by atoms with van der Waals surface area (Å²) in [5.41, 5.74) is 6.93. The monoisotopic (exact) mass is 237 g/mol. The van der Waals surface area contributed by atoms with Crippen LogP contribution >= 0.6 is 11.6 Å². The molecule has 0 amide bonds. The second-order valence-corrected chi connectivity index (χ2v) is 4.57. The zero-order chi connectivity index (χ0) is 11.5. The highest BCUT2D eigenvalue weighted by Crippen LogP contribution is 2.15. The van der Waals surface area contributed by atoms with Gasteiger partial charge in [0.2, 0.25) is 0 Å². The quantitative estimate of drug-likeness (QED) is 0.870. The van der Waals surface area contributed by atoms with Crippen molar-refractivity contribution in [2.24, 2.45) is 10.7 Å². The Balaban J connectivity index is 2.16. The van der Waals surface area contributed by atoms with Crippen LogP contribution in [0.1, 0.15) is 12.5 Å². The van der Waals surface area contributed by atoms with Gasteiger partial charge in [-0.1, -0.05) is 11.6 Å². The van der Waals surface area contributed by atoms with Gasteiger partial charge in [0, 0.05) is 29.7 Å². The van der Waals surface area contributed by atoms with Gasteiger partial charge in [0.1, 0.15) is 5.84 Å². The van der Waals surface area contributed by atoms with Gasteiger partial charge in [0.05, 0.1) is 6.54 Å². The molecular weight excluding hydrogens is 222 g/mol. The Morgan fingerprint density at radius 1 is 1.44 bits per heavy atom. The van der Waals surface area contributed by atoms with Crippen molar-refractivity contribution in [3.8, 4) is 0 Å². The first-order valence-electron chi connectivity index (χ1n) is 5.48. The lowest BCUT2D eigenvalue weighted by molar-refractivity contribution is 0.426. The van der Waals surface area contributed by atoms with Crippen molar-refractivity contribution in [2.75, 3.05) is 19.6 Å². The molecule has 0 saturated heterocycles. The Labute approximate surface area is 101 Å². The molecule has 1 atom stereocenters. The van der Waals surface area contributed by atoms with Gasteiger partial charge in [0.15, 0.2) is 0 Å². The van der Waals surface area contributed by atoms with Crippen LogP contribution in [-0.4, -0.2) is 36.4 Å². The molecule has 86 valence electrons. The third-order valence-corrected chi connectivity index (χ3v) is 2.79. The van der Waals surface area contributed by atoms with Gasteiger partial charge in [-0.05, 0) is 31.2 Å². The maximum atomic E-state index is 5.87. The largest absolute Gasteiger partial charge is 0.353 e. The van der Waals surface area contributed by atoms with Crippen LogP contribution in [0.3, 0.4) is 0 Å². The van der Waals surface area contributed by atoms with Crippen LogP contribution in [0.2, 0.25) is 5.02 Å². The SMILES string of the molecule is CC(N)CN1CCN=C1c1ccc(Cl)cc1. The fourth-order valence-electron chi connectivity index (χ4n) is 1.88. The van der Waals surface area contributed by atoms with Crippen LogP contribution in [0.15, 0.2) is 29.3 Å². The Bertz CT molecular complexity index is 384. The van der Waals surface area contributed by atoms with E-state index in [1.165, 1.54) is 0 Å². The van der Waals surface area contributed by atoms with Gasteiger partial charge in [-0.2, -0.15) is 0 Å². The summed E-state index contributed by atoms with van der Waals surface area (Å²) < 4.78 is 0. The van der Waals surface area contributed by atoms with E-state index >= 15 is 0 Å². The molecule has 1 aliphatic heterocycles. The summed E-state index contributed by atoms with van der Waals surface area (Å²) in [5.74, 6) is 1.04. The summed E-state index contributed by atoms with van der Waals surface area (Å²) in [5, 5.41) is 0.751. The number of halogens is 1. The molecule has 1 heterocycles. The number of rotatable bonds is 3. The third kappa shape index (κ3) is 2.54. The number of nitrogens with zero attached hydrogens (tertiary/aromatic N) is 2. The molecule has 4 heteroatoms. The normalized spacial score (nSPS) is 17.4. The number of aliphatic imine (C=N–C) groups is 1. The molecule has 0 aliphatic carbocycles. The van der Waals surface area contributed by atoms with Crippen molar-refractivity contribution >= 4 is 17.4 Å². The summed E-state index contributed by atoms with van der Waals surface area (Å²) in [7, 11) is 0. The Kier molecular flexibility index (Phi) is 3.46. The zero-order valence-corrected chi connectivity index (χ0v) is 10.1. The lowest BCUT2D eigenvalue weighted by atomic mass is 10.2.